The molecule has 1 saturated heterocycles. The van der Waals surface area contributed by atoms with Gasteiger partial charge in [0.2, 0.25) is 5.91 Å². The first-order chi connectivity index (χ1) is 16.3. The molecule has 0 saturated carbocycles. The normalized spacial score (nSPS) is 13.9. The summed E-state index contributed by atoms with van der Waals surface area (Å²) in [5.41, 5.74) is 2.26. The van der Waals surface area contributed by atoms with Gasteiger partial charge in [-0.05, 0) is 48.4 Å². The van der Waals surface area contributed by atoms with Crippen LogP contribution in [0.5, 0.6) is 0 Å². The van der Waals surface area contributed by atoms with Crippen LogP contribution in [-0.4, -0.2) is 42.9 Å². The second-order valence-electron chi connectivity index (χ2n) is 8.76. The van der Waals surface area contributed by atoms with Gasteiger partial charge in [0, 0.05) is 48.9 Å². The van der Waals surface area contributed by atoms with Crippen LogP contribution in [-0.2, 0) is 4.79 Å². The van der Waals surface area contributed by atoms with Crippen molar-refractivity contribution in [3.8, 4) is 11.3 Å². The van der Waals surface area contributed by atoms with Gasteiger partial charge in [0.05, 0.1) is 10.7 Å². The van der Waals surface area contributed by atoms with Crippen LogP contribution in [0.25, 0.3) is 11.3 Å². The lowest BCUT2D eigenvalue weighted by atomic mass is 10.1. The molecule has 1 fully saturated rings. The SMILES string of the molecule is CC(C)CC(=O)N1CCN(c2ccc(NC(=O)c3ccc(-c4cccc(Cl)c4)o3)cc2Cl)CC1. The molecule has 2 heterocycles. The predicted octanol–water partition coefficient (Wildman–Crippen LogP) is 6.20. The molecule has 2 aromatic carbocycles. The third-order valence-corrected chi connectivity index (χ3v) is 6.24. The molecule has 0 radical (unpaired) electrons. The van der Waals surface area contributed by atoms with Crippen molar-refractivity contribution in [2.75, 3.05) is 36.4 Å². The Morgan fingerprint density at radius 1 is 1.00 bits per heavy atom. The number of hydrogen-bond acceptors (Lipinski definition) is 4. The lowest BCUT2D eigenvalue weighted by Crippen LogP contribution is -2.49. The van der Waals surface area contributed by atoms with E-state index in [4.69, 9.17) is 27.6 Å². The first-order valence-electron chi connectivity index (χ1n) is 11.3. The minimum absolute atomic E-state index is 0.192. The third kappa shape index (κ3) is 5.75. The molecule has 0 unspecified atom stereocenters. The quantitative estimate of drug-likeness (QED) is 0.438. The zero-order valence-corrected chi connectivity index (χ0v) is 20.7. The maximum Gasteiger partial charge on any atom is 0.291 e. The molecule has 1 aromatic heterocycles. The van der Waals surface area contributed by atoms with Crippen LogP contribution < -0.4 is 10.2 Å². The Bertz CT molecular complexity index is 1180. The van der Waals surface area contributed by atoms with E-state index in [9.17, 15) is 9.59 Å². The topological polar surface area (TPSA) is 65.8 Å². The number of nitrogens with one attached hydrogen (secondary N) is 1. The number of hydrogen-bond donors (Lipinski definition) is 1. The second kappa shape index (κ2) is 10.5. The van der Waals surface area contributed by atoms with Gasteiger partial charge in [0.1, 0.15) is 5.76 Å². The van der Waals surface area contributed by atoms with Crippen molar-refractivity contribution in [1.29, 1.82) is 0 Å². The fourth-order valence-electron chi connectivity index (χ4n) is 3.97. The number of halogens is 2. The molecule has 0 spiro atoms. The summed E-state index contributed by atoms with van der Waals surface area (Å²) in [6.45, 7) is 6.89. The Kier molecular flexibility index (Phi) is 7.49. The van der Waals surface area contributed by atoms with Crippen molar-refractivity contribution in [2.24, 2.45) is 5.92 Å². The summed E-state index contributed by atoms with van der Waals surface area (Å²) in [5.74, 6) is 0.946. The molecule has 8 heteroatoms. The van der Waals surface area contributed by atoms with Crippen molar-refractivity contribution >= 4 is 46.4 Å². The van der Waals surface area contributed by atoms with Crippen LogP contribution in [0.4, 0.5) is 11.4 Å². The molecular weight excluding hydrogens is 473 g/mol. The average Bonchev–Trinajstić information content (AvgIpc) is 3.30. The number of furan rings is 1. The number of amides is 2. The summed E-state index contributed by atoms with van der Waals surface area (Å²) < 4.78 is 5.72. The van der Waals surface area contributed by atoms with E-state index in [1.165, 1.54) is 0 Å². The molecule has 1 aliphatic heterocycles. The van der Waals surface area contributed by atoms with E-state index in [1.54, 1.807) is 30.3 Å². The van der Waals surface area contributed by atoms with E-state index >= 15 is 0 Å². The standard InChI is InChI=1S/C26H27Cl2N3O3/c1-17(2)14-25(32)31-12-10-30(11-13-31)22-7-6-20(16-21(22)28)29-26(33)24-9-8-23(34-24)18-4-3-5-19(27)15-18/h3-9,15-17H,10-14H2,1-2H3,(H,29,33). The number of nitrogens with zero attached hydrogens (tertiary/aromatic N) is 2. The minimum Gasteiger partial charge on any atom is -0.451 e. The predicted molar refractivity (Wildman–Crippen MR) is 137 cm³/mol. The van der Waals surface area contributed by atoms with Gasteiger partial charge in [-0.3, -0.25) is 9.59 Å². The van der Waals surface area contributed by atoms with E-state index in [1.807, 2.05) is 29.2 Å². The molecule has 1 N–H and O–H groups in total. The van der Waals surface area contributed by atoms with Crippen LogP contribution in [0.1, 0.15) is 30.8 Å². The van der Waals surface area contributed by atoms with Gasteiger partial charge in [0.15, 0.2) is 5.76 Å². The Balaban J connectivity index is 1.37. The van der Waals surface area contributed by atoms with Crippen molar-refractivity contribution in [2.45, 2.75) is 20.3 Å². The monoisotopic (exact) mass is 499 g/mol. The lowest BCUT2D eigenvalue weighted by Gasteiger charge is -2.36. The fourth-order valence-corrected chi connectivity index (χ4v) is 4.46. The van der Waals surface area contributed by atoms with Crippen LogP contribution in [0.2, 0.25) is 10.0 Å². The summed E-state index contributed by atoms with van der Waals surface area (Å²) in [6.07, 6.45) is 0.575. The van der Waals surface area contributed by atoms with Gasteiger partial charge in [-0.25, -0.2) is 0 Å². The molecule has 1 aliphatic rings. The fraction of sp³-hybridized carbons (Fsp3) is 0.308. The van der Waals surface area contributed by atoms with E-state index < -0.39 is 0 Å². The minimum atomic E-state index is -0.366. The smallest absolute Gasteiger partial charge is 0.291 e. The van der Waals surface area contributed by atoms with Crippen molar-refractivity contribution in [1.82, 2.24) is 4.90 Å². The number of anilines is 2. The summed E-state index contributed by atoms with van der Waals surface area (Å²) in [6, 6.07) is 16.1. The molecule has 4 rings (SSSR count). The Morgan fingerprint density at radius 2 is 1.76 bits per heavy atom. The van der Waals surface area contributed by atoms with E-state index in [0.717, 1.165) is 11.3 Å². The lowest BCUT2D eigenvalue weighted by molar-refractivity contribution is -0.132. The maximum atomic E-state index is 12.7. The van der Waals surface area contributed by atoms with E-state index in [2.05, 4.69) is 24.1 Å². The molecular formula is C26H27Cl2N3O3. The van der Waals surface area contributed by atoms with Crippen molar-refractivity contribution < 1.29 is 14.0 Å². The Labute approximate surface area is 209 Å². The van der Waals surface area contributed by atoms with Gasteiger partial charge in [-0.1, -0.05) is 49.2 Å². The molecule has 178 valence electrons. The van der Waals surface area contributed by atoms with Gasteiger partial charge in [-0.2, -0.15) is 0 Å². The molecule has 2 amide bonds. The highest BCUT2D eigenvalue weighted by molar-refractivity contribution is 6.33. The molecule has 6 nitrogen and oxygen atoms in total. The molecule has 3 aromatic rings. The highest BCUT2D eigenvalue weighted by Crippen LogP contribution is 2.30. The van der Waals surface area contributed by atoms with Crippen LogP contribution in [0.15, 0.2) is 59.0 Å². The van der Waals surface area contributed by atoms with Gasteiger partial charge < -0.3 is 19.5 Å². The number of rotatable bonds is 6. The first-order valence-corrected chi connectivity index (χ1v) is 12.0. The number of carbonyl (C=O) groups excluding carboxylic acids is 2. The Morgan fingerprint density at radius 3 is 2.44 bits per heavy atom. The number of carbonyl (C=O) groups is 2. The average molecular weight is 500 g/mol. The highest BCUT2D eigenvalue weighted by atomic mass is 35.5. The highest BCUT2D eigenvalue weighted by Gasteiger charge is 2.23. The first kappa shape index (κ1) is 24.2. The van der Waals surface area contributed by atoms with Gasteiger partial charge in [-0.15, -0.1) is 0 Å². The molecule has 0 bridgehead atoms. The zero-order valence-electron chi connectivity index (χ0n) is 19.2. The van der Waals surface area contributed by atoms with Crippen molar-refractivity contribution in [3.05, 3.63) is 70.4 Å². The van der Waals surface area contributed by atoms with E-state index in [0.29, 0.717) is 60.0 Å². The maximum absolute atomic E-state index is 12.7. The Hall–Kier alpha value is -2.96. The third-order valence-electron chi connectivity index (χ3n) is 5.70. The van der Waals surface area contributed by atoms with Crippen LogP contribution in [0, 0.1) is 5.92 Å². The summed E-state index contributed by atoms with van der Waals surface area (Å²) >= 11 is 12.6. The number of benzene rings is 2. The van der Waals surface area contributed by atoms with Crippen LogP contribution in [0.3, 0.4) is 0 Å². The molecule has 34 heavy (non-hydrogen) atoms. The summed E-state index contributed by atoms with van der Waals surface area (Å²) in [4.78, 5) is 29.1. The van der Waals surface area contributed by atoms with Gasteiger partial charge in [0.25, 0.3) is 5.91 Å². The largest absolute Gasteiger partial charge is 0.451 e. The summed E-state index contributed by atoms with van der Waals surface area (Å²) in [7, 11) is 0. The van der Waals surface area contributed by atoms with E-state index in [-0.39, 0.29) is 17.6 Å². The molecule has 0 aliphatic carbocycles. The van der Waals surface area contributed by atoms with Crippen molar-refractivity contribution in [3.63, 3.8) is 0 Å². The zero-order chi connectivity index (χ0) is 24.2. The van der Waals surface area contributed by atoms with Crippen LogP contribution >= 0.6 is 23.2 Å². The number of piperazine rings is 1. The second-order valence-corrected chi connectivity index (χ2v) is 9.60. The van der Waals surface area contributed by atoms with Gasteiger partial charge >= 0.3 is 0 Å². The summed E-state index contributed by atoms with van der Waals surface area (Å²) in [5, 5.41) is 3.97. The molecule has 0 atom stereocenters.